The number of pyridine rings is 1. The molecular formula is C26H29N7O2. The van der Waals surface area contributed by atoms with E-state index >= 15 is 0 Å². The van der Waals surface area contributed by atoms with Crippen LogP contribution in [0.25, 0.3) is 16.8 Å². The van der Waals surface area contributed by atoms with Gasteiger partial charge in [-0.25, -0.2) is 19.7 Å². The number of anilines is 2. The molecule has 0 unspecified atom stereocenters. The number of hydrogen-bond acceptors (Lipinski definition) is 6. The third-order valence-electron chi connectivity index (χ3n) is 6.37. The van der Waals surface area contributed by atoms with Gasteiger partial charge in [0.05, 0.1) is 18.3 Å². The maximum absolute atomic E-state index is 13.1. The molecule has 5 rings (SSSR count). The van der Waals surface area contributed by atoms with E-state index in [4.69, 9.17) is 9.72 Å². The number of imidazole rings is 1. The summed E-state index contributed by atoms with van der Waals surface area (Å²) in [7, 11) is 5.53. The maximum atomic E-state index is 13.1. The van der Waals surface area contributed by atoms with Crippen LogP contribution in [0.15, 0.2) is 61.1 Å². The molecule has 4 heterocycles. The molecule has 1 atom stereocenters. The fraction of sp³-hybridized carbons (Fsp3) is 0.308. The van der Waals surface area contributed by atoms with E-state index in [0.29, 0.717) is 12.6 Å². The Balaban J connectivity index is 1.37. The lowest BCUT2D eigenvalue weighted by Crippen LogP contribution is -2.42. The van der Waals surface area contributed by atoms with E-state index in [9.17, 15) is 4.79 Å². The van der Waals surface area contributed by atoms with E-state index in [1.807, 2.05) is 72.6 Å². The van der Waals surface area contributed by atoms with Crippen molar-refractivity contribution in [3.05, 3.63) is 66.9 Å². The molecule has 3 aromatic heterocycles. The molecule has 9 heteroatoms. The van der Waals surface area contributed by atoms with Crippen molar-refractivity contribution in [1.82, 2.24) is 24.3 Å². The number of likely N-dealkylation sites (tertiary alicyclic amines) is 1. The van der Waals surface area contributed by atoms with Crippen molar-refractivity contribution >= 4 is 22.9 Å². The first-order valence-corrected chi connectivity index (χ1v) is 11.7. The summed E-state index contributed by atoms with van der Waals surface area (Å²) in [6.07, 6.45) is 7.37. The molecule has 4 aromatic rings. The van der Waals surface area contributed by atoms with Crippen LogP contribution in [0.5, 0.6) is 6.01 Å². The molecule has 1 saturated heterocycles. The van der Waals surface area contributed by atoms with Crippen molar-refractivity contribution in [1.29, 1.82) is 0 Å². The Morgan fingerprint density at radius 1 is 1.11 bits per heavy atom. The van der Waals surface area contributed by atoms with E-state index < -0.39 is 0 Å². The third-order valence-corrected chi connectivity index (χ3v) is 6.37. The summed E-state index contributed by atoms with van der Waals surface area (Å²) in [6.45, 7) is 1.33. The normalized spacial score (nSPS) is 15.7. The van der Waals surface area contributed by atoms with Gasteiger partial charge in [0.2, 0.25) is 0 Å². The summed E-state index contributed by atoms with van der Waals surface area (Å²) in [5.41, 5.74) is 4.51. The van der Waals surface area contributed by atoms with Crippen LogP contribution in [0, 0.1) is 0 Å². The molecule has 2 amide bonds. The van der Waals surface area contributed by atoms with Gasteiger partial charge in [0.1, 0.15) is 5.82 Å². The summed E-state index contributed by atoms with van der Waals surface area (Å²) in [6, 6.07) is 14.1. The Morgan fingerprint density at radius 2 is 1.89 bits per heavy atom. The summed E-state index contributed by atoms with van der Waals surface area (Å²) in [4.78, 5) is 30.5. The fourth-order valence-electron chi connectivity index (χ4n) is 4.52. The lowest BCUT2D eigenvalue weighted by Gasteiger charge is -2.32. The Kier molecular flexibility index (Phi) is 6.22. The molecule has 0 bridgehead atoms. The van der Waals surface area contributed by atoms with Crippen LogP contribution >= 0.6 is 0 Å². The number of amides is 2. The minimum atomic E-state index is -0.0862. The second kappa shape index (κ2) is 9.61. The van der Waals surface area contributed by atoms with Gasteiger partial charge in [-0.2, -0.15) is 0 Å². The first kappa shape index (κ1) is 22.6. The maximum Gasteiger partial charge on any atom is 0.321 e. The van der Waals surface area contributed by atoms with Crippen molar-refractivity contribution in [3.63, 3.8) is 0 Å². The highest BCUT2D eigenvalue weighted by atomic mass is 16.5. The molecule has 0 radical (unpaired) electrons. The Bertz CT molecular complexity index is 1320. The minimum absolute atomic E-state index is 0.0862. The van der Waals surface area contributed by atoms with Gasteiger partial charge in [-0.05, 0) is 49.2 Å². The average Bonchev–Trinajstić information content (AvgIpc) is 3.29. The Hall–Kier alpha value is -4.14. The third kappa shape index (κ3) is 4.62. The van der Waals surface area contributed by atoms with Crippen LogP contribution in [0.2, 0.25) is 0 Å². The van der Waals surface area contributed by atoms with Crippen LogP contribution in [0.1, 0.15) is 24.6 Å². The molecule has 1 aliphatic rings. The molecule has 0 aliphatic carbocycles. The van der Waals surface area contributed by atoms with E-state index in [-0.39, 0.29) is 11.9 Å². The van der Waals surface area contributed by atoms with Gasteiger partial charge in [-0.3, -0.25) is 0 Å². The molecule has 1 aliphatic heterocycles. The minimum Gasteiger partial charge on any atom is -0.467 e. The van der Waals surface area contributed by atoms with Gasteiger partial charge in [-0.1, -0.05) is 6.07 Å². The number of hydrogen-bond donors (Lipinski definition) is 1. The number of rotatable bonds is 5. The number of benzene rings is 1. The van der Waals surface area contributed by atoms with Crippen molar-refractivity contribution in [2.45, 2.75) is 18.8 Å². The predicted octanol–water partition coefficient (Wildman–Crippen LogP) is 4.28. The van der Waals surface area contributed by atoms with E-state index in [0.717, 1.165) is 53.4 Å². The van der Waals surface area contributed by atoms with Crippen molar-refractivity contribution in [2.24, 2.45) is 0 Å². The summed E-state index contributed by atoms with van der Waals surface area (Å²) < 4.78 is 7.21. The molecule has 180 valence electrons. The number of aromatic nitrogens is 4. The highest BCUT2D eigenvalue weighted by molar-refractivity contribution is 5.89. The zero-order chi connectivity index (χ0) is 24.4. The molecule has 1 N–H and O–H groups in total. The van der Waals surface area contributed by atoms with Crippen LogP contribution in [-0.4, -0.2) is 64.6 Å². The fourth-order valence-corrected chi connectivity index (χ4v) is 4.52. The van der Waals surface area contributed by atoms with E-state index in [1.54, 1.807) is 19.5 Å². The first-order valence-electron chi connectivity index (χ1n) is 11.7. The van der Waals surface area contributed by atoms with E-state index in [1.165, 1.54) is 0 Å². The van der Waals surface area contributed by atoms with Crippen molar-refractivity contribution in [3.8, 4) is 17.3 Å². The number of methoxy groups -OCH3 is 1. The second-order valence-corrected chi connectivity index (χ2v) is 8.89. The summed E-state index contributed by atoms with van der Waals surface area (Å²) >= 11 is 0. The molecule has 9 nitrogen and oxygen atoms in total. The summed E-state index contributed by atoms with van der Waals surface area (Å²) in [5, 5.41) is 3.04. The lowest BCUT2D eigenvalue weighted by atomic mass is 9.97. The monoisotopic (exact) mass is 471 g/mol. The topological polar surface area (TPSA) is 87.9 Å². The second-order valence-electron chi connectivity index (χ2n) is 8.89. The average molecular weight is 472 g/mol. The first-order chi connectivity index (χ1) is 17.0. The number of fused-ring (bicyclic) bond motifs is 1. The summed E-state index contributed by atoms with van der Waals surface area (Å²) in [5.74, 6) is 1.06. The highest BCUT2D eigenvalue weighted by Gasteiger charge is 2.29. The van der Waals surface area contributed by atoms with E-state index in [2.05, 4.69) is 19.7 Å². The van der Waals surface area contributed by atoms with Gasteiger partial charge in [0.25, 0.3) is 0 Å². The molecular weight excluding hydrogens is 442 g/mol. The SMILES string of the molecule is COc1ncc(-c2nc([C@@H]3CCCN(C(=O)Nc4ccc(N(C)C)cc4)C3)n3ccccc23)cn1. The van der Waals surface area contributed by atoms with Gasteiger partial charge >= 0.3 is 12.0 Å². The van der Waals surface area contributed by atoms with Gasteiger partial charge < -0.3 is 24.3 Å². The molecule has 0 saturated carbocycles. The highest BCUT2D eigenvalue weighted by Crippen LogP contribution is 2.32. The molecule has 35 heavy (non-hydrogen) atoms. The predicted molar refractivity (Wildman–Crippen MR) is 136 cm³/mol. The van der Waals surface area contributed by atoms with Crippen LogP contribution < -0.4 is 15.0 Å². The molecule has 0 spiro atoms. The van der Waals surface area contributed by atoms with Crippen molar-refractivity contribution < 1.29 is 9.53 Å². The molecule has 1 fully saturated rings. The number of nitrogens with zero attached hydrogens (tertiary/aromatic N) is 6. The number of nitrogens with one attached hydrogen (secondary N) is 1. The molecule has 1 aromatic carbocycles. The standard InChI is InChI=1S/C26H29N7O2/c1-31(2)21-11-9-20(10-12-21)29-26(34)32-13-6-7-18(17-32)24-30-23(22-8-4-5-14-33(22)24)19-15-27-25(35-3)28-16-19/h4-5,8-12,14-16,18H,6-7,13,17H2,1-3H3,(H,29,34)/t18-/m1/s1. The zero-order valence-corrected chi connectivity index (χ0v) is 20.2. The largest absolute Gasteiger partial charge is 0.467 e. The van der Waals surface area contributed by atoms with Crippen molar-refractivity contribution in [2.75, 3.05) is 44.5 Å². The van der Waals surface area contributed by atoms with Crippen LogP contribution in [-0.2, 0) is 0 Å². The number of carbonyl (C=O) groups is 1. The number of piperidine rings is 1. The Morgan fingerprint density at radius 3 is 2.60 bits per heavy atom. The lowest BCUT2D eigenvalue weighted by molar-refractivity contribution is 0.191. The number of carbonyl (C=O) groups excluding carboxylic acids is 1. The quantitative estimate of drug-likeness (QED) is 0.468. The number of ether oxygens (including phenoxy) is 1. The zero-order valence-electron chi connectivity index (χ0n) is 20.2. The van der Waals surface area contributed by atoms with Gasteiger partial charge in [0, 0.05) is 68.6 Å². The Labute approximate surface area is 204 Å². The van der Waals surface area contributed by atoms with Gasteiger partial charge in [0.15, 0.2) is 0 Å². The number of urea groups is 1. The van der Waals surface area contributed by atoms with Crippen LogP contribution in [0.3, 0.4) is 0 Å². The van der Waals surface area contributed by atoms with Gasteiger partial charge in [-0.15, -0.1) is 0 Å². The van der Waals surface area contributed by atoms with Crippen LogP contribution in [0.4, 0.5) is 16.2 Å². The smallest absolute Gasteiger partial charge is 0.321 e.